The van der Waals surface area contributed by atoms with E-state index in [9.17, 15) is 0 Å². The molecule has 5 heteroatoms. The van der Waals surface area contributed by atoms with Crippen molar-refractivity contribution in [2.24, 2.45) is 4.99 Å². The summed E-state index contributed by atoms with van der Waals surface area (Å²) < 4.78 is 6.19. The average molecular weight is 605 g/mol. The summed E-state index contributed by atoms with van der Waals surface area (Å²) >= 11 is 0. The molecular formula is C42H28N4O. The number of aliphatic imine (C=N–C) groups is 1. The van der Waals surface area contributed by atoms with Gasteiger partial charge in [0.15, 0.2) is 0 Å². The summed E-state index contributed by atoms with van der Waals surface area (Å²) in [5.41, 5.74) is 4.69. The van der Waals surface area contributed by atoms with Crippen molar-refractivity contribution >= 4 is 71.0 Å². The Bertz CT molecular complexity index is 2730. The van der Waals surface area contributed by atoms with Crippen LogP contribution in [-0.2, 0) is 0 Å². The van der Waals surface area contributed by atoms with Gasteiger partial charge in [-0.05, 0) is 78.5 Å². The lowest BCUT2D eigenvalue weighted by atomic mass is 9.93. The minimum absolute atomic E-state index is 0.230. The Kier molecular flexibility index (Phi) is 5.71. The van der Waals surface area contributed by atoms with E-state index in [-0.39, 0.29) is 12.3 Å². The maximum atomic E-state index is 6.19. The first-order valence-electron chi connectivity index (χ1n) is 16.0. The molecule has 0 fully saturated rings. The standard InChI is InChI=1S/C42H28N4O/c1-2-10-28-24-29(18-17-25(28)8-1)39-44-40(46-41(45-39)34-14-6-16-36-38(34)35-15-7-23-43-42(35)47-36)33-13-5-11-27-20-21-31-30-12-4-3-9-26(30)19-22-32(31)37(27)33/h1-24,39-40,44H,(H,45,46). The highest BCUT2D eigenvalue weighted by molar-refractivity contribution is 6.19. The second-order valence-electron chi connectivity index (χ2n) is 12.3. The Hall–Kier alpha value is -6.04. The molecule has 2 aromatic heterocycles. The number of nitrogens with zero attached hydrogens (tertiary/aromatic N) is 2. The molecule has 2 N–H and O–H groups in total. The van der Waals surface area contributed by atoms with Crippen LogP contribution in [0, 0.1) is 0 Å². The molecule has 7 aromatic carbocycles. The predicted molar refractivity (Wildman–Crippen MR) is 193 cm³/mol. The van der Waals surface area contributed by atoms with Crippen molar-refractivity contribution in [3.63, 3.8) is 0 Å². The van der Waals surface area contributed by atoms with E-state index in [1.54, 1.807) is 6.20 Å². The van der Waals surface area contributed by atoms with Gasteiger partial charge in [-0.1, -0.05) is 115 Å². The molecule has 47 heavy (non-hydrogen) atoms. The quantitative estimate of drug-likeness (QED) is 0.197. The molecule has 0 aliphatic carbocycles. The van der Waals surface area contributed by atoms with Crippen molar-refractivity contribution in [1.29, 1.82) is 0 Å². The first-order chi connectivity index (χ1) is 23.3. The molecule has 1 aliphatic rings. The Morgan fingerprint density at radius 3 is 2.28 bits per heavy atom. The van der Waals surface area contributed by atoms with E-state index in [1.807, 2.05) is 18.2 Å². The zero-order chi connectivity index (χ0) is 30.9. The van der Waals surface area contributed by atoms with Crippen LogP contribution in [0.4, 0.5) is 0 Å². The number of hydrogen-bond donors (Lipinski definition) is 2. The summed E-state index contributed by atoms with van der Waals surface area (Å²) in [5, 5.41) is 19.5. The first kappa shape index (κ1) is 26.2. The number of hydrogen-bond acceptors (Lipinski definition) is 5. The molecule has 0 bridgehead atoms. The number of pyridine rings is 1. The molecule has 10 rings (SSSR count). The van der Waals surface area contributed by atoms with Crippen LogP contribution >= 0.6 is 0 Å². The number of benzene rings is 7. The van der Waals surface area contributed by atoms with Gasteiger partial charge in [-0.15, -0.1) is 0 Å². The minimum atomic E-state index is -0.293. The third kappa shape index (κ3) is 4.14. The number of furan rings is 1. The normalized spacial score (nSPS) is 16.7. The van der Waals surface area contributed by atoms with Gasteiger partial charge in [0, 0.05) is 22.5 Å². The largest absolute Gasteiger partial charge is 0.438 e. The van der Waals surface area contributed by atoms with Crippen LogP contribution in [0.25, 0.3) is 65.2 Å². The second-order valence-corrected chi connectivity index (χ2v) is 12.3. The average Bonchev–Trinajstić information content (AvgIpc) is 3.53. The molecule has 1 aliphatic heterocycles. The number of rotatable bonds is 3. The van der Waals surface area contributed by atoms with E-state index < -0.39 is 0 Å². The van der Waals surface area contributed by atoms with Crippen molar-refractivity contribution in [2.75, 3.05) is 0 Å². The van der Waals surface area contributed by atoms with Gasteiger partial charge in [0.25, 0.3) is 0 Å². The van der Waals surface area contributed by atoms with Crippen molar-refractivity contribution in [3.05, 3.63) is 162 Å². The zero-order valence-corrected chi connectivity index (χ0v) is 25.3. The first-order valence-corrected chi connectivity index (χ1v) is 16.0. The molecule has 3 heterocycles. The Morgan fingerprint density at radius 2 is 1.32 bits per heavy atom. The fourth-order valence-electron chi connectivity index (χ4n) is 7.41. The van der Waals surface area contributed by atoms with Gasteiger partial charge in [-0.25, -0.2) is 9.98 Å². The molecular weight excluding hydrogens is 576 g/mol. The van der Waals surface area contributed by atoms with Gasteiger partial charge in [0.2, 0.25) is 5.71 Å². The van der Waals surface area contributed by atoms with Gasteiger partial charge in [0.1, 0.15) is 23.8 Å². The van der Waals surface area contributed by atoms with Crippen molar-refractivity contribution < 1.29 is 4.42 Å². The van der Waals surface area contributed by atoms with E-state index >= 15 is 0 Å². The fraction of sp³-hybridized carbons (Fsp3) is 0.0476. The number of fused-ring (bicyclic) bond motifs is 9. The highest BCUT2D eigenvalue weighted by atomic mass is 16.3. The topological polar surface area (TPSA) is 62.5 Å². The molecule has 2 atom stereocenters. The SMILES string of the molecule is c1ccc2cc(C3N=C(c4cccc5oc6ncccc6c45)NC(c4cccc5ccc6c7ccccc7ccc6c45)N3)ccc2c1. The molecule has 5 nitrogen and oxygen atoms in total. The third-order valence-electron chi connectivity index (χ3n) is 9.59. The highest BCUT2D eigenvalue weighted by Crippen LogP contribution is 2.38. The monoisotopic (exact) mass is 604 g/mol. The molecule has 0 saturated heterocycles. The van der Waals surface area contributed by atoms with Crippen molar-refractivity contribution in [1.82, 2.24) is 15.6 Å². The summed E-state index contributed by atoms with van der Waals surface area (Å²) in [6, 6.07) is 49.5. The van der Waals surface area contributed by atoms with Gasteiger partial charge in [-0.3, -0.25) is 5.32 Å². The van der Waals surface area contributed by atoms with Gasteiger partial charge in [0.05, 0.1) is 0 Å². The van der Waals surface area contributed by atoms with Crippen LogP contribution in [0.15, 0.2) is 155 Å². The Balaban J connectivity index is 1.20. The van der Waals surface area contributed by atoms with Crippen LogP contribution in [0.1, 0.15) is 29.0 Å². The Labute approximate surface area is 270 Å². The minimum Gasteiger partial charge on any atom is -0.438 e. The lowest BCUT2D eigenvalue weighted by Gasteiger charge is -2.33. The fourth-order valence-corrected chi connectivity index (χ4v) is 7.41. The molecule has 0 spiro atoms. The zero-order valence-electron chi connectivity index (χ0n) is 25.3. The molecule has 9 aromatic rings. The maximum Gasteiger partial charge on any atom is 0.227 e. The maximum absolute atomic E-state index is 6.19. The number of amidine groups is 1. The van der Waals surface area contributed by atoms with Crippen LogP contribution in [0.5, 0.6) is 0 Å². The van der Waals surface area contributed by atoms with E-state index in [4.69, 9.17) is 9.41 Å². The van der Waals surface area contributed by atoms with Crippen molar-refractivity contribution in [2.45, 2.75) is 12.3 Å². The van der Waals surface area contributed by atoms with E-state index in [0.29, 0.717) is 5.71 Å². The summed E-state index contributed by atoms with van der Waals surface area (Å²) in [7, 11) is 0. The smallest absolute Gasteiger partial charge is 0.227 e. The van der Waals surface area contributed by atoms with Gasteiger partial charge < -0.3 is 9.73 Å². The van der Waals surface area contributed by atoms with Crippen LogP contribution in [-0.4, -0.2) is 10.8 Å². The molecule has 0 radical (unpaired) electrons. The van der Waals surface area contributed by atoms with Crippen LogP contribution in [0.3, 0.4) is 0 Å². The van der Waals surface area contributed by atoms with Gasteiger partial charge in [-0.2, -0.15) is 0 Å². The summed E-state index contributed by atoms with van der Waals surface area (Å²) in [4.78, 5) is 9.86. The van der Waals surface area contributed by atoms with E-state index in [2.05, 4.69) is 137 Å². The lowest BCUT2D eigenvalue weighted by Crippen LogP contribution is -2.45. The molecule has 0 saturated carbocycles. The molecule has 0 amide bonds. The van der Waals surface area contributed by atoms with Gasteiger partial charge >= 0.3 is 0 Å². The number of nitrogens with one attached hydrogen (secondary N) is 2. The second kappa shape index (κ2) is 10.2. The summed E-state index contributed by atoms with van der Waals surface area (Å²) in [6.45, 7) is 0. The third-order valence-corrected chi connectivity index (χ3v) is 9.59. The molecule has 222 valence electrons. The van der Waals surface area contributed by atoms with E-state index in [0.717, 1.165) is 33.3 Å². The Morgan fingerprint density at radius 1 is 0.553 bits per heavy atom. The summed E-state index contributed by atoms with van der Waals surface area (Å²) in [5.74, 6) is 0.812. The lowest BCUT2D eigenvalue weighted by molar-refractivity contribution is 0.411. The van der Waals surface area contributed by atoms with Crippen LogP contribution in [0.2, 0.25) is 0 Å². The van der Waals surface area contributed by atoms with Crippen LogP contribution < -0.4 is 10.6 Å². The number of aromatic nitrogens is 1. The highest BCUT2D eigenvalue weighted by Gasteiger charge is 2.29. The molecule has 2 unspecified atom stereocenters. The predicted octanol–water partition coefficient (Wildman–Crippen LogP) is 9.93. The van der Waals surface area contributed by atoms with Crippen molar-refractivity contribution in [3.8, 4) is 0 Å². The summed E-state index contributed by atoms with van der Waals surface area (Å²) in [6.07, 6.45) is 1.24. The van der Waals surface area contributed by atoms with E-state index in [1.165, 1.54) is 48.7 Å².